The van der Waals surface area contributed by atoms with E-state index in [0.717, 1.165) is 17.0 Å². The molecular formula is C19H22F6N2O3S. The van der Waals surface area contributed by atoms with Gasteiger partial charge in [-0.05, 0) is 25.0 Å². The molecule has 1 aromatic rings. The zero-order valence-corrected chi connectivity index (χ0v) is 17.7. The Morgan fingerprint density at radius 1 is 1.26 bits per heavy atom. The number of piperazine rings is 1. The van der Waals surface area contributed by atoms with Crippen molar-refractivity contribution in [1.82, 2.24) is 9.55 Å². The van der Waals surface area contributed by atoms with Crippen molar-refractivity contribution in [3.8, 4) is 0 Å². The molecule has 12 heteroatoms. The molecule has 2 fully saturated rings. The summed E-state index contributed by atoms with van der Waals surface area (Å²) in [7, 11) is -2.52. The van der Waals surface area contributed by atoms with E-state index in [4.69, 9.17) is 0 Å². The van der Waals surface area contributed by atoms with Gasteiger partial charge in [0.25, 0.3) is 5.92 Å². The Kier molecular flexibility index (Phi) is 5.98. The van der Waals surface area contributed by atoms with Gasteiger partial charge in [-0.15, -0.1) is 0 Å². The molecule has 1 heterocycles. The number of halogens is 6. The van der Waals surface area contributed by atoms with E-state index in [1.54, 1.807) is 0 Å². The number of nitrogens with zero attached hydrogens (tertiary/aromatic N) is 2. The van der Waals surface area contributed by atoms with Gasteiger partial charge in [0.1, 0.15) is 24.3 Å². The molecule has 174 valence electrons. The summed E-state index contributed by atoms with van der Waals surface area (Å²) >= 11 is 0. The van der Waals surface area contributed by atoms with Crippen LogP contribution in [0.4, 0.5) is 32.0 Å². The summed E-state index contributed by atoms with van der Waals surface area (Å²) in [6, 6.07) is 1.75. The fourth-order valence-corrected chi connectivity index (χ4v) is 5.18. The number of amides is 1. The van der Waals surface area contributed by atoms with Crippen molar-refractivity contribution < 1.29 is 35.3 Å². The SMILES string of the molecule is CCC1(C(=O)N2CC[N+]([O-])(c3cc(S(=O)CC(F)(F)F)c(C)cc3F)CC2)CC1(F)F. The van der Waals surface area contributed by atoms with Crippen LogP contribution >= 0.6 is 0 Å². The summed E-state index contributed by atoms with van der Waals surface area (Å²) in [5, 5.41) is 13.2. The molecule has 0 bridgehead atoms. The van der Waals surface area contributed by atoms with Crippen molar-refractivity contribution in [3.63, 3.8) is 0 Å². The summed E-state index contributed by atoms with van der Waals surface area (Å²) < 4.78 is 90.7. The molecule has 31 heavy (non-hydrogen) atoms. The van der Waals surface area contributed by atoms with Crippen LogP contribution in [-0.4, -0.2) is 59.0 Å². The van der Waals surface area contributed by atoms with E-state index in [9.17, 15) is 40.6 Å². The Labute approximate surface area is 177 Å². The minimum Gasteiger partial charge on any atom is -0.627 e. The zero-order chi connectivity index (χ0) is 23.4. The molecule has 1 saturated heterocycles. The van der Waals surface area contributed by atoms with Crippen molar-refractivity contribution >= 4 is 22.4 Å². The van der Waals surface area contributed by atoms with Crippen LogP contribution in [0.3, 0.4) is 0 Å². The third-order valence-electron chi connectivity index (χ3n) is 6.08. The number of quaternary nitrogens is 1. The van der Waals surface area contributed by atoms with Gasteiger partial charge in [0.15, 0.2) is 11.5 Å². The van der Waals surface area contributed by atoms with Crippen LogP contribution in [0.15, 0.2) is 17.0 Å². The lowest BCUT2D eigenvalue weighted by atomic mass is 10.00. The second-order valence-corrected chi connectivity index (χ2v) is 9.54. The largest absolute Gasteiger partial charge is 0.627 e. The van der Waals surface area contributed by atoms with E-state index >= 15 is 0 Å². The van der Waals surface area contributed by atoms with E-state index in [1.165, 1.54) is 13.8 Å². The second-order valence-electron chi connectivity index (χ2n) is 8.12. The molecule has 1 saturated carbocycles. The van der Waals surface area contributed by atoms with E-state index in [2.05, 4.69) is 0 Å². The molecule has 2 atom stereocenters. The highest BCUT2D eigenvalue weighted by Crippen LogP contribution is 2.63. The van der Waals surface area contributed by atoms with Crippen LogP contribution in [-0.2, 0) is 15.6 Å². The first-order chi connectivity index (χ1) is 14.2. The van der Waals surface area contributed by atoms with Gasteiger partial charge in [0, 0.05) is 17.4 Å². The highest BCUT2D eigenvalue weighted by molar-refractivity contribution is 7.85. The summed E-state index contributed by atoms with van der Waals surface area (Å²) in [6.45, 7) is 1.66. The van der Waals surface area contributed by atoms with Crippen LogP contribution in [0.25, 0.3) is 0 Å². The summed E-state index contributed by atoms with van der Waals surface area (Å²) in [6.07, 6.45) is -5.31. The van der Waals surface area contributed by atoms with Crippen LogP contribution in [0.1, 0.15) is 25.3 Å². The molecule has 0 N–H and O–H groups in total. The van der Waals surface area contributed by atoms with Gasteiger partial charge >= 0.3 is 6.18 Å². The summed E-state index contributed by atoms with van der Waals surface area (Å²) in [4.78, 5) is 13.5. The van der Waals surface area contributed by atoms with Gasteiger partial charge in [0.05, 0.1) is 23.9 Å². The average Bonchev–Trinajstić information content (AvgIpc) is 3.22. The molecule has 1 amide bonds. The van der Waals surface area contributed by atoms with Crippen molar-refractivity contribution in [2.24, 2.45) is 5.41 Å². The van der Waals surface area contributed by atoms with Crippen LogP contribution in [0.5, 0.6) is 0 Å². The maximum absolute atomic E-state index is 14.6. The number of hydrogen-bond donors (Lipinski definition) is 0. The number of alkyl halides is 5. The lowest BCUT2D eigenvalue weighted by molar-refractivity contribution is -0.142. The lowest BCUT2D eigenvalue weighted by Crippen LogP contribution is -2.59. The molecular weight excluding hydrogens is 450 g/mol. The maximum atomic E-state index is 14.6. The average molecular weight is 472 g/mol. The van der Waals surface area contributed by atoms with Gasteiger partial charge in [-0.3, -0.25) is 9.00 Å². The van der Waals surface area contributed by atoms with Crippen LogP contribution in [0, 0.1) is 23.4 Å². The first-order valence-corrected chi connectivity index (χ1v) is 11.0. The third kappa shape index (κ3) is 4.34. The molecule has 1 aromatic carbocycles. The standard InChI is InChI=1S/C19H22F6N2O3S/c1-3-17(10-18(17,21)22)16(28)26-4-6-27(29,7-5-26)14-9-15(12(2)8-13(14)20)31(30)11-19(23,24)25/h8-9H,3-7,10-11H2,1-2H3. The molecule has 2 unspecified atom stereocenters. The van der Waals surface area contributed by atoms with Gasteiger partial charge in [-0.2, -0.15) is 13.2 Å². The fourth-order valence-electron chi connectivity index (χ4n) is 4.06. The highest BCUT2D eigenvalue weighted by Gasteiger charge is 2.75. The molecule has 5 nitrogen and oxygen atoms in total. The number of rotatable bonds is 5. The first-order valence-electron chi connectivity index (χ1n) is 9.67. The van der Waals surface area contributed by atoms with Crippen molar-refractivity contribution in [3.05, 3.63) is 28.7 Å². The number of aryl methyl sites for hydroxylation is 1. The van der Waals surface area contributed by atoms with Crippen LogP contribution < -0.4 is 4.65 Å². The predicted molar refractivity (Wildman–Crippen MR) is 102 cm³/mol. The van der Waals surface area contributed by atoms with Crippen molar-refractivity contribution in [2.75, 3.05) is 31.9 Å². The smallest absolute Gasteiger partial charge is 0.400 e. The number of hydroxylamine groups is 2. The minimum absolute atomic E-state index is 0.0186. The van der Waals surface area contributed by atoms with Gasteiger partial charge < -0.3 is 14.8 Å². The molecule has 0 aromatic heterocycles. The topological polar surface area (TPSA) is 60.4 Å². The molecule has 0 radical (unpaired) electrons. The van der Waals surface area contributed by atoms with Gasteiger partial charge in [-0.25, -0.2) is 13.2 Å². The van der Waals surface area contributed by atoms with Gasteiger partial charge in [-0.1, -0.05) is 6.92 Å². The Bertz CT molecular complexity index is 915. The lowest BCUT2D eigenvalue weighted by Gasteiger charge is -2.48. The van der Waals surface area contributed by atoms with Crippen LogP contribution in [0.2, 0.25) is 0 Å². The van der Waals surface area contributed by atoms with E-state index < -0.39 is 62.5 Å². The Morgan fingerprint density at radius 3 is 2.26 bits per heavy atom. The second kappa shape index (κ2) is 7.73. The highest BCUT2D eigenvalue weighted by atomic mass is 32.2. The van der Waals surface area contributed by atoms with Gasteiger partial charge in [0.2, 0.25) is 5.91 Å². The number of benzene rings is 1. The zero-order valence-electron chi connectivity index (χ0n) is 16.9. The number of carbonyl (C=O) groups is 1. The van der Waals surface area contributed by atoms with Crippen molar-refractivity contribution in [2.45, 2.75) is 43.7 Å². The third-order valence-corrected chi connectivity index (χ3v) is 7.60. The van der Waals surface area contributed by atoms with E-state index in [0.29, 0.717) is 0 Å². The Hall–Kier alpha value is -1.66. The van der Waals surface area contributed by atoms with E-state index in [1.807, 2.05) is 0 Å². The predicted octanol–water partition coefficient (Wildman–Crippen LogP) is 3.89. The normalized spacial score (nSPS) is 25.9. The number of carbonyl (C=O) groups excluding carboxylic acids is 1. The molecule has 3 rings (SSSR count). The Balaban J connectivity index is 1.80. The quantitative estimate of drug-likeness (QED) is 0.371. The minimum atomic E-state index is -4.71. The maximum Gasteiger partial charge on any atom is 0.400 e. The molecule has 0 spiro atoms. The van der Waals surface area contributed by atoms with Crippen molar-refractivity contribution in [1.29, 1.82) is 0 Å². The molecule has 2 aliphatic rings. The number of hydrogen-bond acceptors (Lipinski definition) is 3. The summed E-state index contributed by atoms with van der Waals surface area (Å²) in [5.74, 6) is -6.44. The fraction of sp³-hybridized carbons (Fsp3) is 0.632. The Morgan fingerprint density at radius 2 is 1.81 bits per heavy atom. The molecule has 1 aliphatic heterocycles. The summed E-state index contributed by atoms with van der Waals surface area (Å²) in [5.41, 5.74) is -2.23. The van der Waals surface area contributed by atoms with E-state index in [-0.39, 0.29) is 43.1 Å². The first kappa shape index (κ1) is 24.0. The monoisotopic (exact) mass is 472 g/mol. The molecule has 1 aliphatic carbocycles.